The molecule has 0 aliphatic carbocycles. The summed E-state index contributed by atoms with van der Waals surface area (Å²) in [7, 11) is 0. The maximum atomic E-state index is 12.7. The van der Waals surface area contributed by atoms with Gasteiger partial charge in [-0.2, -0.15) is 0 Å². The number of benzene rings is 1. The van der Waals surface area contributed by atoms with Crippen molar-refractivity contribution < 1.29 is 9.59 Å². The SMILES string of the molecule is Cc1ccc(/C=C2/SC(=S)N(CCC(=O)Nc3nnc(CC(C)C)s3)C2=O)cc1. The van der Waals surface area contributed by atoms with Crippen LogP contribution >= 0.6 is 35.3 Å². The zero-order valence-corrected chi connectivity index (χ0v) is 18.9. The van der Waals surface area contributed by atoms with Crippen LogP contribution in [0.3, 0.4) is 0 Å². The van der Waals surface area contributed by atoms with Gasteiger partial charge in [0, 0.05) is 19.4 Å². The molecule has 2 aromatic rings. The predicted octanol–water partition coefficient (Wildman–Crippen LogP) is 4.28. The standard InChI is InChI=1S/C20H22N4O2S3/c1-12(2)10-17-22-23-19(29-17)21-16(25)8-9-24-18(26)15(28-20(24)27)11-14-6-4-13(3)5-7-14/h4-7,11-12H,8-10H2,1-3H3,(H,21,23,25)/b15-11+. The largest absolute Gasteiger partial charge is 0.300 e. The number of hydrogen-bond acceptors (Lipinski definition) is 7. The third-order valence-corrected chi connectivity index (χ3v) is 6.35. The van der Waals surface area contributed by atoms with E-state index in [9.17, 15) is 9.59 Å². The summed E-state index contributed by atoms with van der Waals surface area (Å²) in [5.41, 5.74) is 2.11. The smallest absolute Gasteiger partial charge is 0.266 e. The van der Waals surface area contributed by atoms with Crippen molar-refractivity contribution in [2.45, 2.75) is 33.6 Å². The van der Waals surface area contributed by atoms with Gasteiger partial charge in [0.15, 0.2) is 0 Å². The number of nitrogens with one attached hydrogen (secondary N) is 1. The van der Waals surface area contributed by atoms with E-state index >= 15 is 0 Å². The number of aromatic nitrogens is 2. The van der Waals surface area contributed by atoms with E-state index < -0.39 is 0 Å². The van der Waals surface area contributed by atoms with Gasteiger partial charge in [0.05, 0.1) is 4.91 Å². The number of aryl methyl sites for hydroxylation is 1. The molecular weight excluding hydrogens is 424 g/mol. The molecule has 0 bridgehead atoms. The minimum atomic E-state index is -0.214. The predicted molar refractivity (Wildman–Crippen MR) is 123 cm³/mol. The highest BCUT2D eigenvalue weighted by Gasteiger charge is 2.32. The normalized spacial score (nSPS) is 15.6. The van der Waals surface area contributed by atoms with Gasteiger partial charge >= 0.3 is 0 Å². The van der Waals surface area contributed by atoms with E-state index in [4.69, 9.17) is 12.2 Å². The second-order valence-corrected chi connectivity index (χ2v) is 9.88. The van der Waals surface area contributed by atoms with Crippen molar-refractivity contribution in [2.75, 3.05) is 11.9 Å². The van der Waals surface area contributed by atoms with Gasteiger partial charge in [-0.15, -0.1) is 10.2 Å². The number of rotatable bonds is 7. The van der Waals surface area contributed by atoms with E-state index in [1.165, 1.54) is 28.0 Å². The van der Waals surface area contributed by atoms with E-state index in [2.05, 4.69) is 29.4 Å². The molecule has 0 unspecified atom stereocenters. The van der Waals surface area contributed by atoms with Crippen LogP contribution in [0.4, 0.5) is 5.13 Å². The Kier molecular flexibility index (Phi) is 7.15. The molecule has 152 valence electrons. The molecule has 1 aliphatic rings. The molecule has 29 heavy (non-hydrogen) atoms. The maximum absolute atomic E-state index is 12.7. The van der Waals surface area contributed by atoms with Crippen molar-refractivity contribution in [3.8, 4) is 0 Å². The van der Waals surface area contributed by atoms with Crippen molar-refractivity contribution in [3.63, 3.8) is 0 Å². The summed E-state index contributed by atoms with van der Waals surface area (Å²) in [5, 5.41) is 12.2. The highest BCUT2D eigenvalue weighted by Crippen LogP contribution is 2.32. The van der Waals surface area contributed by atoms with Crippen LogP contribution in [0.15, 0.2) is 29.2 Å². The summed E-state index contributed by atoms with van der Waals surface area (Å²) in [6, 6.07) is 7.92. The maximum Gasteiger partial charge on any atom is 0.266 e. The molecule has 1 aromatic carbocycles. The average Bonchev–Trinajstić information content (AvgIpc) is 3.19. The quantitative estimate of drug-likeness (QED) is 0.506. The van der Waals surface area contributed by atoms with Gasteiger partial charge in [0.25, 0.3) is 5.91 Å². The first kappa shape index (κ1) is 21.6. The molecule has 1 fully saturated rings. The third-order valence-electron chi connectivity index (χ3n) is 4.11. The van der Waals surface area contributed by atoms with Crippen LogP contribution in [-0.2, 0) is 16.0 Å². The summed E-state index contributed by atoms with van der Waals surface area (Å²) in [6.07, 6.45) is 2.80. The van der Waals surface area contributed by atoms with E-state index in [1.807, 2.05) is 37.3 Å². The first-order valence-corrected chi connectivity index (χ1v) is 11.3. The first-order chi connectivity index (χ1) is 13.8. The van der Waals surface area contributed by atoms with E-state index in [1.54, 1.807) is 0 Å². The van der Waals surface area contributed by atoms with Crippen LogP contribution in [-0.4, -0.2) is 37.8 Å². The fraction of sp³-hybridized carbons (Fsp3) is 0.350. The van der Waals surface area contributed by atoms with Crippen LogP contribution in [0, 0.1) is 12.8 Å². The Balaban J connectivity index is 1.55. The Morgan fingerprint density at radius 2 is 2.00 bits per heavy atom. The van der Waals surface area contributed by atoms with Gasteiger partial charge in [-0.05, 0) is 24.5 Å². The molecule has 0 spiro atoms. The Morgan fingerprint density at radius 1 is 1.28 bits per heavy atom. The highest BCUT2D eigenvalue weighted by molar-refractivity contribution is 8.26. The summed E-state index contributed by atoms with van der Waals surface area (Å²) < 4.78 is 0.469. The van der Waals surface area contributed by atoms with Gasteiger partial charge in [-0.1, -0.05) is 79.0 Å². The van der Waals surface area contributed by atoms with Gasteiger partial charge in [-0.3, -0.25) is 14.5 Å². The van der Waals surface area contributed by atoms with Gasteiger partial charge in [0.2, 0.25) is 11.0 Å². The summed E-state index contributed by atoms with van der Waals surface area (Å²) in [4.78, 5) is 27.0. The molecule has 0 saturated carbocycles. The second-order valence-electron chi connectivity index (χ2n) is 7.14. The number of thiocarbonyl (C=S) groups is 1. The lowest BCUT2D eigenvalue weighted by Crippen LogP contribution is -2.31. The molecular formula is C20H22N4O2S3. The lowest BCUT2D eigenvalue weighted by Gasteiger charge is -2.13. The van der Waals surface area contributed by atoms with Crippen LogP contribution in [0.25, 0.3) is 6.08 Å². The fourth-order valence-corrected chi connectivity index (χ4v) is 4.91. The number of nitrogens with zero attached hydrogens (tertiary/aromatic N) is 3. The van der Waals surface area contributed by atoms with Crippen molar-refractivity contribution in [1.29, 1.82) is 0 Å². The lowest BCUT2D eigenvalue weighted by atomic mass is 10.1. The highest BCUT2D eigenvalue weighted by atomic mass is 32.2. The number of amides is 2. The fourth-order valence-electron chi connectivity index (χ4n) is 2.64. The van der Waals surface area contributed by atoms with Crippen molar-refractivity contribution >= 4 is 62.7 Å². The van der Waals surface area contributed by atoms with E-state index in [0.29, 0.717) is 20.3 Å². The van der Waals surface area contributed by atoms with Crippen molar-refractivity contribution in [3.05, 3.63) is 45.3 Å². The van der Waals surface area contributed by atoms with Crippen molar-refractivity contribution in [1.82, 2.24) is 15.1 Å². The molecule has 0 radical (unpaired) electrons. The molecule has 1 aliphatic heterocycles. The van der Waals surface area contributed by atoms with Gasteiger partial charge < -0.3 is 5.32 Å². The van der Waals surface area contributed by atoms with E-state index in [0.717, 1.165) is 22.6 Å². The molecule has 2 heterocycles. The third kappa shape index (κ3) is 5.94. The number of anilines is 1. The Morgan fingerprint density at radius 3 is 2.69 bits per heavy atom. The average molecular weight is 447 g/mol. The van der Waals surface area contributed by atoms with Gasteiger partial charge in [0.1, 0.15) is 9.33 Å². The zero-order valence-electron chi connectivity index (χ0n) is 16.5. The molecule has 0 atom stereocenters. The number of carbonyl (C=O) groups excluding carboxylic acids is 2. The molecule has 9 heteroatoms. The second kappa shape index (κ2) is 9.60. The Bertz CT molecular complexity index is 951. The summed E-state index contributed by atoms with van der Waals surface area (Å²) >= 11 is 7.97. The summed E-state index contributed by atoms with van der Waals surface area (Å²) in [6.45, 7) is 6.46. The monoisotopic (exact) mass is 446 g/mol. The molecule has 6 nitrogen and oxygen atoms in total. The van der Waals surface area contributed by atoms with E-state index in [-0.39, 0.29) is 24.8 Å². The minimum absolute atomic E-state index is 0.142. The Hall–Kier alpha value is -2.10. The minimum Gasteiger partial charge on any atom is -0.300 e. The number of hydrogen-bond donors (Lipinski definition) is 1. The molecule has 1 saturated heterocycles. The van der Waals surface area contributed by atoms with Gasteiger partial charge in [-0.25, -0.2) is 0 Å². The molecule has 1 N–H and O–H groups in total. The van der Waals surface area contributed by atoms with Crippen LogP contribution in [0.5, 0.6) is 0 Å². The molecule has 3 rings (SSSR count). The Labute approximate surface area is 183 Å². The van der Waals surface area contributed by atoms with Crippen LogP contribution in [0.1, 0.15) is 36.4 Å². The molecule has 2 amide bonds. The van der Waals surface area contributed by atoms with Crippen LogP contribution < -0.4 is 5.32 Å². The first-order valence-electron chi connectivity index (χ1n) is 9.26. The van der Waals surface area contributed by atoms with Crippen LogP contribution in [0.2, 0.25) is 0 Å². The van der Waals surface area contributed by atoms with Crippen molar-refractivity contribution in [2.24, 2.45) is 5.92 Å². The number of carbonyl (C=O) groups is 2. The number of thioether (sulfide) groups is 1. The molecule has 1 aromatic heterocycles. The summed E-state index contributed by atoms with van der Waals surface area (Å²) in [5.74, 6) is 0.102. The zero-order chi connectivity index (χ0) is 21.0. The topological polar surface area (TPSA) is 75.2 Å². The lowest BCUT2D eigenvalue weighted by molar-refractivity contribution is -0.122.